The normalized spacial score (nSPS) is 10.5. The summed E-state index contributed by atoms with van der Waals surface area (Å²) in [5.74, 6) is 0. The molecule has 72 valence electrons. The highest BCUT2D eigenvalue weighted by Crippen LogP contribution is 2.24. The van der Waals surface area contributed by atoms with Crippen LogP contribution < -0.4 is 0 Å². The summed E-state index contributed by atoms with van der Waals surface area (Å²) in [4.78, 5) is 8.80. The topological polar surface area (TPSA) is 25.8 Å². The van der Waals surface area contributed by atoms with Crippen molar-refractivity contribution in [1.29, 1.82) is 0 Å². The molecular weight excluding hydrogens is 192 g/mol. The van der Waals surface area contributed by atoms with Gasteiger partial charge in [0.2, 0.25) is 0 Å². The van der Waals surface area contributed by atoms with Crippen LogP contribution in [0.25, 0.3) is 10.6 Å². The monoisotopic (exact) mass is 204 g/mol. The van der Waals surface area contributed by atoms with Gasteiger partial charge in [0, 0.05) is 28.0 Å². The molecule has 0 aliphatic heterocycles. The lowest BCUT2D eigenvalue weighted by atomic mass is 10.2. The van der Waals surface area contributed by atoms with Crippen LogP contribution in [0.1, 0.15) is 17.1 Å². The van der Waals surface area contributed by atoms with Crippen molar-refractivity contribution in [2.75, 3.05) is 0 Å². The second-order valence-electron chi connectivity index (χ2n) is 3.43. The summed E-state index contributed by atoms with van der Waals surface area (Å²) in [5.41, 5.74) is 4.35. The van der Waals surface area contributed by atoms with E-state index >= 15 is 0 Å². The maximum Gasteiger partial charge on any atom is 0.123 e. The zero-order valence-electron chi connectivity index (χ0n) is 8.53. The molecule has 2 rings (SSSR count). The van der Waals surface area contributed by atoms with E-state index in [1.54, 1.807) is 11.3 Å². The maximum absolute atomic E-state index is 4.45. The molecule has 0 unspecified atom stereocenters. The lowest BCUT2D eigenvalue weighted by Gasteiger charge is -2.00. The van der Waals surface area contributed by atoms with Crippen LogP contribution in [-0.2, 0) is 0 Å². The van der Waals surface area contributed by atoms with Gasteiger partial charge < -0.3 is 0 Å². The Labute approximate surface area is 87.7 Å². The van der Waals surface area contributed by atoms with E-state index in [2.05, 4.69) is 27.5 Å². The second kappa shape index (κ2) is 3.50. The van der Waals surface area contributed by atoms with Gasteiger partial charge in [-0.05, 0) is 32.9 Å². The Kier molecular flexibility index (Phi) is 2.33. The van der Waals surface area contributed by atoms with Gasteiger partial charge in [0.05, 0.1) is 0 Å². The Balaban J connectivity index is 2.51. The summed E-state index contributed by atoms with van der Waals surface area (Å²) < 4.78 is 0. The minimum atomic E-state index is 1.05. The minimum absolute atomic E-state index is 1.05. The molecule has 0 fully saturated rings. The fourth-order valence-corrected chi connectivity index (χ4v) is 2.23. The number of aromatic nitrogens is 2. The Morgan fingerprint density at radius 2 is 1.57 bits per heavy atom. The molecule has 0 atom stereocenters. The maximum atomic E-state index is 4.45. The first-order chi connectivity index (χ1) is 6.65. The van der Waals surface area contributed by atoms with E-state index in [1.165, 1.54) is 5.56 Å². The number of pyridine rings is 1. The SMILES string of the molecule is Cc1cc(-c2nc(C)cs2)cc(C)n1. The number of rotatable bonds is 1. The molecule has 0 radical (unpaired) electrons. The third kappa shape index (κ3) is 1.82. The molecule has 14 heavy (non-hydrogen) atoms. The molecule has 0 aromatic carbocycles. The third-order valence-corrected chi connectivity index (χ3v) is 2.96. The Morgan fingerprint density at radius 1 is 0.929 bits per heavy atom. The molecule has 3 heteroatoms. The molecule has 2 aromatic heterocycles. The fraction of sp³-hybridized carbons (Fsp3) is 0.273. The first-order valence-corrected chi connectivity index (χ1v) is 5.41. The molecule has 0 saturated carbocycles. The van der Waals surface area contributed by atoms with Crippen LogP contribution in [0.4, 0.5) is 0 Å². The molecule has 2 heterocycles. The average Bonchev–Trinajstić information content (AvgIpc) is 2.50. The van der Waals surface area contributed by atoms with Gasteiger partial charge in [0.15, 0.2) is 0 Å². The Morgan fingerprint density at radius 3 is 2.07 bits per heavy atom. The molecule has 2 aromatic rings. The molecule has 0 aliphatic carbocycles. The van der Waals surface area contributed by atoms with E-state index in [1.807, 2.05) is 20.8 Å². The first kappa shape index (κ1) is 9.34. The van der Waals surface area contributed by atoms with E-state index in [9.17, 15) is 0 Å². The van der Waals surface area contributed by atoms with Crippen molar-refractivity contribution in [1.82, 2.24) is 9.97 Å². The quantitative estimate of drug-likeness (QED) is 0.713. The average molecular weight is 204 g/mol. The van der Waals surface area contributed by atoms with Gasteiger partial charge in [-0.25, -0.2) is 4.98 Å². The van der Waals surface area contributed by atoms with Crippen LogP contribution in [0.15, 0.2) is 17.5 Å². The fourth-order valence-electron chi connectivity index (χ4n) is 1.44. The highest BCUT2D eigenvalue weighted by atomic mass is 32.1. The predicted octanol–water partition coefficient (Wildman–Crippen LogP) is 3.13. The third-order valence-electron chi connectivity index (χ3n) is 1.95. The lowest BCUT2D eigenvalue weighted by Crippen LogP contribution is -1.87. The standard InChI is InChI=1S/C11H12N2S/c1-7-4-10(5-8(2)12-7)11-13-9(3)6-14-11/h4-6H,1-3H3. The molecule has 0 bridgehead atoms. The van der Waals surface area contributed by atoms with E-state index in [0.29, 0.717) is 0 Å². The van der Waals surface area contributed by atoms with Crippen LogP contribution in [0, 0.1) is 20.8 Å². The van der Waals surface area contributed by atoms with Crippen LogP contribution in [0.3, 0.4) is 0 Å². The zero-order chi connectivity index (χ0) is 10.1. The van der Waals surface area contributed by atoms with Crippen molar-refractivity contribution >= 4 is 11.3 Å². The van der Waals surface area contributed by atoms with Crippen molar-refractivity contribution in [3.05, 3.63) is 34.6 Å². The number of thiazole rings is 1. The van der Waals surface area contributed by atoms with Crippen molar-refractivity contribution in [2.24, 2.45) is 0 Å². The number of hydrogen-bond acceptors (Lipinski definition) is 3. The Bertz CT molecular complexity index is 440. The first-order valence-electron chi connectivity index (χ1n) is 4.53. The summed E-state index contributed by atoms with van der Waals surface area (Å²) in [5, 5.41) is 3.15. The lowest BCUT2D eigenvalue weighted by molar-refractivity contribution is 1.12. The van der Waals surface area contributed by atoms with Gasteiger partial charge >= 0.3 is 0 Å². The number of hydrogen-bond donors (Lipinski definition) is 0. The van der Waals surface area contributed by atoms with Gasteiger partial charge in [-0.2, -0.15) is 0 Å². The van der Waals surface area contributed by atoms with Crippen LogP contribution >= 0.6 is 11.3 Å². The summed E-state index contributed by atoms with van der Waals surface area (Å²) >= 11 is 1.68. The van der Waals surface area contributed by atoms with E-state index in [0.717, 1.165) is 22.1 Å². The van der Waals surface area contributed by atoms with Crippen molar-refractivity contribution in [2.45, 2.75) is 20.8 Å². The van der Waals surface area contributed by atoms with Crippen molar-refractivity contribution in [3.8, 4) is 10.6 Å². The van der Waals surface area contributed by atoms with E-state index < -0.39 is 0 Å². The van der Waals surface area contributed by atoms with Crippen molar-refractivity contribution in [3.63, 3.8) is 0 Å². The van der Waals surface area contributed by atoms with Gasteiger partial charge in [0.1, 0.15) is 5.01 Å². The molecule has 0 spiro atoms. The van der Waals surface area contributed by atoms with Crippen LogP contribution in [0.2, 0.25) is 0 Å². The molecule has 0 amide bonds. The molecule has 0 aliphatic rings. The second-order valence-corrected chi connectivity index (χ2v) is 4.29. The van der Waals surface area contributed by atoms with Crippen LogP contribution in [-0.4, -0.2) is 9.97 Å². The largest absolute Gasteiger partial charge is 0.258 e. The minimum Gasteiger partial charge on any atom is -0.258 e. The summed E-state index contributed by atoms with van der Waals surface area (Å²) in [7, 11) is 0. The highest BCUT2D eigenvalue weighted by Gasteiger charge is 2.03. The molecule has 0 saturated heterocycles. The Hall–Kier alpha value is -1.22. The predicted molar refractivity (Wildman–Crippen MR) is 59.6 cm³/mol. The van der Waals surface area contributed by atoms with Gasteiger partial charge in [0.25, 0.3) is 0 Å². The smallest absolute Gasteiger partial charge is 0.123 e. The molecule has 0 N–H and O–H groups in total. The number of nitrogens with zero attached hydrogens (tertiary/aromatic N) is 2. The molecule has 2 nitrogen and oxygen atoms in total. The van der Waals surface area contributed by atoms with Gasteiger partial charge in [-0.1, -0.05) is 0 Å². The number of aryl methyl sites for hydroxylation is 3. The van der Waals surface area contributed by atoms with E-state index in [-0.39, 0.29) is 0 Å². The van der Waals surface area contributed by atoms with Gasteiger partial charge in [-0.3, -0.25) is 4.98 Å². The van der Waals surface area contributed by atoms with Crippen LogP contribution in [0.5, 0.6) is 0 Å². The van der Waals surface area contributed by atoms with Gasteiger partial charge in [-0.15, -0.1) is 11.3 Å². The summed E-state index contributed by atoms with van der Waals surface area (Å²) in [6.07, 6.45) is 0. The highest BCUT2D eigenvalue weighted by molar-refractivity contribution is 7.13. The summed E-state index contributed by atoms with van der Waals surface area (Å²) in [6, 6.07) is 4.15. The zero-order valence-corrected chi connectivity index (χ0v) is 9.35. The molecular formula is C11H12N2S. The van der Waals surface area contributed by atoms with Crippen molar-refractivity contribution < 1.29 is 0 Å². The summed E-state index contributed by atoms with van der Waals surface area (Å²) in [6.45, 7) is 6.04. The van der Waals surface area contributed by atoms with E-state index in [4.69, 9.17) is 0 Å².